The number of pyridine rings is 1. The third kappa shape index (κ3) is 1.61. The molecule has 2 aromatic rings. The molecule has 0 spiro atoms. The highest BCUT2D eigenvalue weighted by Crippen LogP contribution is 2.24. The molecule has 0 aliphatic rings. The van der Waals surface area contributed by atoms with E-state index in [1.54, 1.807) is 0 Å². The van der Waals surface area contributed by atoms with E-state index in [2.05, 4.69) is 27.0 Å². The van der Waals surface area contributed by atoms with E-state index in [4.69, 9.17) is 0 Å². The lowest BCUT2D eigenvalue weighted by Crippen LogP contribution is -1.94. The number of imidazole rings is 1. The van der Waals surface area contributed by atoms with E-state index in [0.717, 1.165) is 21.4 Å². The molecule has 2 rings (SSSR count). The Hall–Kier alpha value is -1.34. The summed E-state index contributed by atoms with van der Waals surface area (Å²) >= 11 is 3.47. The van der Waals surface area contributed by atoms with Crippen molar-refractivity contribution in [3.8, 4) is 6.07 Å². The largest absolute Gasteiger partial charge is 0.290 e. The van der Waals surface area contributed by atoms with Gasteiger partial charge in [0.2, 0.25) is 0 Å². The second kappa shape index (κ2) is 3.91. The van der Waals surface area contributed by atoms with E-state index in [1.165, 1.54) is 0 Å². The zero-order chi connectivity index (χ0) is 11.9. The van der Waals surface area contributed by atoms with E-state index in [0.29, 0.717) is 5.69 Å². The first-order valence-corrected chi connectivity index (χ1v) is 5.92. The van der Waals surface area contributed by atoms with Gasteiger partial charge in [0.05, 0.1) is 5.69 Å². The quantitative estimate of drug-likeness (QED) is 0.802. The molecule has 2 heterocycles. The van der Waals surface area contributed by atoms with Crippen molar-refractivity contribution in [3.63, 3.8) is 0 Å². The van der Waals surface area contributed by atoms with Crippen molar-refractivity contribution in [2.75, 3.05) is 0 Å². The Morgan fingerprint density at radius 1 is 1.50 bits per heavy atom. The number of aromatic nitrogens is 2. The van der Waals surface area contributed by atoms with Gasteiger partial charge in [-0.05, 0) is 40.4 Å². The lowest BCUT2D eigenvalue weighted by molar-refractivity contribution is 0.829. The number of aryl methyl sites for hydroxylation is 1. The van der Waals surface area contributed by atoms with Crippen molar-refractivity contribution in [2.45, 2.75) is 26.7 Å². The lowest BCUT2D eigenvalue weighted by atomic mass is 10.1. The first-order chi connectivity index (χ1) is 7.54. The van der Waals surface area contributed by atoms with Crippen LogP contribution >= 0.6 is 15.9 Å². The summed E-state index contributed by atoms with van der Waals surface area (Å²) in [6.45, 7) is 6.11. The molecule has 0 N–H and O–H groups in total. The summed E-state index contributed by atoms with van der Waals surface area (Å²) in [5.74, 6) is 0.258. The molecule has 0 atom stereocenters. The van der Waals surface area contributed by atoms with Gasteiger partial charge in [-0.3, -0.25) is 4.40 Å². The Kier molecular flexibility index (Phi) is 2.73. The minimum atomic E-state index is 0.258. The SMILES string of the molecule is Cc1cc2nc(C(C)C)c(C#N)n2cc1Br. The third-order valence-electron chi connectivity index (χ3n) is 2.58. The predicted molar refractivity (Wildman–Crippen MR) is 66.4 cm³/mol. The van der Waals surface area contributed by atoms with Crippen molar-refractivity contribution < 1.29 is 0 Å². The number of hydrogen-bond acceptors (Lipinski definition) is 2. The molecule has 0 aliphatic heterocycles. The summed E-state index contributed by atoms with van der Waals surface area (Å²) in [7, 11) is 0. The van der Waals surface area contributed by atoms with Crippen LogP contribution in [0.25, 0.3) is 5.65 Å². The van der Waals surface area contributed by atoms with E-state index in [1.807, 2.05) is 37.4 Å². The van der Waals surface area contributed by atoms with Crippen molar-refractivity contribution in [3.05, 3.63) is 33.7 Å². The zero-order valence-electron chi connectivity index (χ0n) is 9.45. The van der Waals surface area contributed by atoms with Gasteiger partial charge in [-0.2, -0.15) is 5.26 Å². The number of rotatable bonds is 1. The second-order valence-electron chi connectivity index (χ2n) is 4.14. The maximum atomic E-state index is 9.19. The minimum Gasteiger partial charge on any atom is -0.290 e. The van der Waals surface area contributed by atoms with Crippen molar-refractivity contribution in [1.29, 1.82) is 5.26 Å². The Morgan fingerprint density at radius 3 is 2.75 bits per heavy atom. The molecule has 0 aliphatic carbocycles. The molecule has 2 aromatic heterocycles. The van der Waals surface area contributed by atoms with Crippen LogP contribution in [0.15, 0.2) is 16.7 Å². The van der Waals surface area contributed by atoms with Crippen LogP contribution in [-0.4, -0.2) is 9.38 Å². The second-order valence-corrected chi connectivity index (χ2v) is 5.00. The van der Waals surface area contributed by atoms with E-state index in [-0.39, 0.29) is 5.92 Å². The normalized spacial score (nSPS) is 11.0. The topological polar surface area (TPSA) is 41.1 Å². The fraction of sp³-hybridized carbons (Fsp3) is 0.333. The molecule has 0 amide bonds. The predicted octanol–water partition coefficient (Wildman–Crippen LogP) is 3.40. The molecule has 3 nitrogen and oxygen atoms in total. The molecule has 0 radical (unpaired) electrons. The summed E-state index contributed by atoms with van der Waals surface area (Å²) in [4.78, 5) is 4.50. The fourth-order valence-electron chi connectivity index (χ4n) is 1.69. The summed E-state index contributed by atoms with van der Waals surface area (Å²) < 4.78 is 2.83. The van der Waals surface area contributed by atoms with Crippen LogP contribution in [0, 0.1) is 18.3 Å². The first-order valence-electron chi connectivity index (χ1n) is 5.12. The van der Waals surface area contributed by atoms with Gasteiger partial charge in [-0.15, -0.1) is 0 Å². The van der Waals surface area contributed by atoms with Crippen LogP contribution in [-0.2, 0) is 0 Å². The molecule has 82 valence electrons. The highest BCUT2D eigenvalue weighted by molar-refractivity contribution is 9.10. The van der Waals surface area contributed by atoms with Gasteiger partial charge >= 0.3 is 0 Å². The van der Waals surface area contributed by atoms with Gasteiger partial charge in [0.1, 0.15) is 17.4 Å². The maximum Gasteiger partial charge on any atom is 0.148 e. The van der Waals surface area contributed by atoms with Gasteiger partial charge in [0.15, 0.2) is 0 Å². The Labute approximate surface area is 103 Å². The van der Waals surface area contributed by atoms with Crippen LogP contribution in [0.1, 0.15) is 36.7 Å². The molecule has 0 unspecified atom stereocenters. The van der Waals surface area contributed by atoms with Crippen molar-refractivity contribution >= 4 is 21.6 Å². The molecular weight excluding hydrogens is 266 g/mol. The molecular formula is C12H12BrN3. The van der Waals surface area contributed by atoms with Gasteiger partial charge in [0, 0.05) is 10.7 Å². The molecule has 0 saturated heterocycles. The molecule has 16 heavy (non-hydrogen) atoms. The van der Waals surface area contributed by atoms with Crippen LogP contribution in [0.4, 0.5) is 0 Å². The number of nitrogens with zero attached hydrogens (tertiary/aromatic N) is 3. The molecule has 0 aromatic carbocycles. The Morgan fingerprint density at radius 2 is 2.19 bits per heavy atom. The van der Waals surface area contributed by atoms with E-state index >= 15 is 0 Å². The average molecular weight is 278 g/mol. The van der Waals surface area contributed by atoms with Gasteiger partial charge in [-0.25, -0.2) is 4.98 Å². The Bertz CT molecular complexity index is 590. The smallest absolute Gasteiger partial charge is 0.148 e. The van der Waals surface area contributed by atoms with E-state index in [9.17, 15) is 5.26 Å². The van der Waals surface area contributed by atoms with Gasteiger partial charge in [0.25, 0.3) is 0 Å². The number of fused-ring (bicyclic) bond motifs is 1. The zero-order valence-corrected chi connectivity index (χ0v) is 11.0. The summed E-state index contributed by atoms with van der Waals surface area (Å²) in [6, 6.07) is 4.21. The van der Waals surface area contributed by atoms with Crippen LogP contribution in [0.2, 0.25) is 0 Å². The summed E-state index contributed by atoms with van der Waals surface area (Å²) in [5.41, 5.74) is 3.45. The summed E-state index contributed by atoms with van der Waals surface area (Å²) in [5, 5.41) is 9.19. The molecule has 0 fully saturated rings. The first kappa shape index (κ1) is 11.2. The number of hydrogen-bond donors (Lipinski definition) is 0. The average Bonchev–Trinajstić information content (AvgIpc) is 2.57. The van der Waals surface area contributed by atoms with Crippen LogP contribution in [0.5, 0.6) is 0 Å². The molecule has 0 bridgehead atoms. The minimum absolute atomic E-state index is 0.258. The Balaban J connectivity index is 2.84. The third-order valence-corrected chi connectivity index (χ3v) is 3.41. The lowest BCUT2D eigenvalue weighted by Gasteiger charge is -2.00. The highest BCUT2D eigenvalue weighted by atomic mass is 79.9. The number of nitriles is 1. The van der Waals surface area contributed by atoms with E-state index < -0.39 is 0 Å². The molecule has 4 heteroatoms. The standard InChI is InChI=1S/C12H12BrN3/c1-7(2)12-10(5-14)16-6-9(13)8(3)4-11(16)15-12/h4,6-7H,1-3H3. The molecule has 0 saturated carbocycles. The van der Waals surface area contributed by atoms with Gasteiger partial charge < -0.3 is 0 Å². The van der Waals surface area contributed by atoms with Crippen molar-refractivity contribution in [2.24, 2.45) is 0 Å². The monoisotopic (exact) mass is 277 g/mol. The summed E-state index contributed by atoms with van der Waals surface area (Å²) in [6.07, 6.45) is 1.90. The number of halogens is 1. The van der Waals surface area contributed by atoms with Crippen molar-refractivity contribution in [1.82, 2.24) is 9.38 Å². The van der Waals surface area contributed by atoms with Gasteiger partial charge in [-0.1, -0.05) is 13.8 Å². The highest BCUT2D eigenvalue weighted by Gasteiger charge is 2.15. The fourth-order valence-corrected chi connectivity index (χ4v) is 2.01. The maximum absolute atomic E-state index is 9.19. The van der Waals surface area contributed by atoms with Crippen LogP contribution in [0.3, 0.4) is 0 Å². The van der Waals surface area contributed by atoms with Crippen LogP contribution < -0.4 is 0 Å².